The van der Waals surface area contributed by atoms with Crippen molar-refractivity contribution in [3.05, 3.63) is 56.2 Å². The molecular weight excluding hydrogens is 319 g/mol. The maximum atomic E-state index is 13.7. The Hall–Kier alpha value is -2.02. The van der Waals surface area contributed by atoms with Gasteiger partial charge in [-0.1, -0.05) is 15.9 Å². The number of aromatic carboxylic acids is 1. The molecule has 5 nitrogen and oxygen atoms in total. The first-order valence-corrected chi connectivity index (χ1v) is 5.98. The molecule has 0 bridgehead atoms. The van der Waals surface area contributed by atoms with Crippen LogP contribution >= 0.6 is 15.9 Å². The first kappa shape index (κ1) is 13.4. The van der Waals surface area contributed by atoms with Gasteiger partial charge in [0.1, 0.15) is 11.5 Å². The molecule has 0 spiro atoms. The van der Waals surface area contributed by atoms with Crippen molar-refractivity contribution >= 4 is 21.9 Å². The highest BCUT2D eigenvalue weighted by molar-refractivity contribution is 9.10. The van der Waals surface area contributed by atoms with Crippen LogP contribution < -0.4 is 5.43 Å². The molecule has 2 aromatic rings. The molecule has 1 heterocycles. The minimum absolute atomic E-state index is 0.0555. The summed E-state index contributed by atoms with van der Waals surface area (Å²) in [5.41, 5.74) is -1.09. The lowest BCUT2D eigenvalue weighted by Crippen LogP contribution is -2.23. The van der Waals surface area contributed by atoms with Crippen LogP contribution in [0.15, 0.2) is 33.7 Å². The monoisotopic (exact) mass is 326 g/mol. The molecule has 98 valence electrons. The molecule has 0 aliphatic heterocycles. The zero-order chi connectivity index (χ0) is 14.2. The van der Waals surface area contributed by atoms with E-state index in [-0.39, 0.29) is 11.3 Å². The molecule has 0 aliphatic carbocycles. The minimum Gasteiger partial charge on any atom is -0.476 e. The van der Waals surface area contributed by atoms with Crippen molar-refractivity contribution in [3.63, 3.8) is 0 Å². The normalized spacial score (nSPS) is 10.5. The standard InChI is InChI=1S/C12H8BrFN2O3/c1-6-5-16(15-10(11(6)17)12(18)19)9-4-7(13)2-3-8(9)14/h2-5H,1H3,(H,18,19). The number of benzene rings is 1. The average Bonchev–Trinajstić information content (AvgIpc) is 2.35. The van der Waals surface area contributed by atoms with Gasteiger partial charge >= 0.3 is 5.97 Å². The van der Waals surface area contributed by atoms with Crippen molar-refractivity contribution in [1.29, 1.82) is 0 Å². The molecular formula is C12H8BrFN2O3. The van der Waals surface area contributed by atoms with Crippen LogP contribution in [-0.2, 0) is 0 Å². The molecule has 0 fully saturated rings. The fraction of sp³-hybridized carbons (Fsp3) is 0.0833. The SMILES string of the molecule is Cc1cn(-c2cc(Br)ccc2F)nc(C(=O)O)c1=O. The summed E-state index contributed by atoms with van der Waals surface area (Å²) in [5, 5.41) is 12.6. The summed E-state index contributed by atoms with van der Waals surface area (Å²) in [4.78, 5) is 22.5. The Morgan fingerprint density at radius 3 is 2.79 bits per heavy atom. The Bertz CT molecular complexity index is 727. The number of aromatic nitrogens is 2. The molecule has 0 radical (unpaired) electrons. The van der Waals surface area contributed by atoms with Gasteiger partial charge in [-0.2, -0.15) is 5.10 Å². The van der Waals surface area contributed by atoms with Gasteiger partial charge in [0.25, 0.3) is 0 Å². The molecule has 0 unspecified atom stereocenters. The van der Waals surface area contributed by atoms with Gasteiger partial charge in [0, 0.05) is 16.2 Å². The lowest BCUT2D eigenvalue weighted by atomic mass is 10.2. The van der Waals surface area contributed by atoms with E-state index in [0.717, 1.165) is 4.68 Å². The summed E-state index contributed by atoms with van der Waals surface area (Å²) in [6.07, 6.45) is 1.29. The maximum absolute atomic E-state index is 13.7. The molecule has 19 heavy (non-hydrogen) atoms. The van der Waals surface area contributed by atoms with Crippen LogP contribution in [0.25, 0.3) is 5.69 Å². The molecule has 0 aliphatic rings. The van der Waals surface area contributed by atoms with Crippen molar-refractivity contribution in [2.24, 2.45) is 0 Å². The molecule has 7 heteroatoms. The molecule has 1 N–H and O–H groups in total. The maximum Gasteiger partial charge on any atom is 0.360 e. The highest BCUT2D eigenvalue weighted by Gasteiger charge is 2.15. The number of carboxylic acid groups (broad SMARTS) is 1. The average molecular weight is 327 g/mol. The summed E-state index contributed by atoms with van der Waals surface area (Å²) in [6, 6.07) is 4.17. The number of aryl methyl sites for hydroxylation is 1. The Balaban J connectivity index is 2.73. The number of hydrogen-bond acceptors (Lipinski definition) is 3. The van der Waals surface area contributed by atoms with Crippen molar-refractivity contribution in [1.82, 2.24) is 9.78 Å². The fourth-order valence-corrected chi connectivity index (χ4v) is 1.88. The van der Waals surface area contributed by atoms with Crippen LogP contribution in [0.4, 0.5) is 4.39 Å². The van der Waals surface area contributed by atoms with Gasteiger partial charge in [-0.15, -0.1) is 0 Å². The van der Waals surface area contributed by atoms with Gasteiger partial charge in [-0.25, -0.2) is 13.9 Å². The number of carbonyl (C=O) groups is 1. The van der Waals surface area contributed by atoms with E-state index < -0.39 is 22.9 Å². The Labute approximate surface area is 115 Å². The van der Waals surface area contributed by atoms with E-state index in [1.165, 1.54) is 31.3 Å². The largest absolute Gasteiger partial charge is 0.476 e. The highest BCUT2D eigenvalue weighted by atomic mass is 79.9. The van der Waals surface area contributed by atoms with Crippen LogP contribution in [0.2, 0.25) is 0 Å². The number of hydrogen-bond donors (Lipinski definition) is 1. The number of rotatable bonds is 2. The van der Waals surface area contributed by atoms with Gasteiger partial charge in [-0.3, -0.25) is 4.79 Å². The van der Waals surface area contributed by atoms with E-state index in [9.17, 15) is 14.0 Å². The van der Waals surface area contributed by atoms with Gasteiger partial charge in [0.15, 0.2) is 0 Å². The molecule has 0 saturated heterocycles. The second kappa shape index (κ2) is 4.93. The van der Waals surface area contributed by atoms with E-state index in [1.54, 1.807) is 0 Å². The van der Waals surface area contributed by atoms with Gasteiger partial charge in [-0.05, 0) is 25.1 Å². The lowest BCUT2D eigenvalue weighted by Gasteiger charge is -2.09. The van der Waals surface area contributed by atoms with Gasteiger partial charge in [0.05, 0.1) is 0 Å². The van der Waals surface area contributed by atoms with E-state index in [0.29, 0.717) is 4.47 Å². The van der Waals surface area contributed by atoms with Crippen molar-refractivity contribution in [3.8, 4) is 5.69 Å². The second-order valence-corrected chi connectivity index (χ2v) is 4.75. The predicted molar refractivity (Wildman–Crippen MR) is 69.2 cm³/mol. The summed E-state index contributed by atoms with van der Waals surface area (Å²) in [6.45, 7) is 1.45. The van der Waals surface area contributed by atoms with Gasteiger partial charge in [0.2, 0.25) is 11.1 Å². The summed E-state index contributed by atoms with van der Waals surface area (Å²) in [7, 11) is 0. The number of nitrogens with zero attached hydrogens (tertiary/aromatic N) is 2. The van der Waals surface area contributed by atoms with Crippen LogP contribution in [0, 0.1) is 12.7 Å². The van der Waals surface area contributed by atoms with E-state index in [4.69, 9.17) is 5.11 Å². The molecule has 2 rings (SSSR count). The Morgan fingerprint density at radius 1 is 1.47 bits per heavy atom. The summed E-state index contributed by atoms with van der Waals surface area (Å²) < 4.78 is 15.4. The Kier molecular flexibility index (Phi) is 3.48. The molecule has 0 atom stereocenters. The van der Waals surface area contributed by atoms with Crippen LogP contribution in [0.5, 0.6) is 0 Å². The fourth-order valence-electron chi connectivity index (χ4n) is 1.54. The summed E-state index contributed by atoms with van der Waals surface area (Å²) >= 11 is 3.19. The quantitative estimate of drug-likeness (QED) is 0.917. The topological polar surface area (TPSA) is 72.2 Å². The predicted octanol–water partition coefficient (Wildman–Crippen LogP) is 2.14. The first-order valence-electron chi connectivity index (χ1n) is 5.19. The van der Waals surface area contributed by atoms with Crippen LogP contribution in [-0.4, -0.2) is 20.9 Å². The zero-order valence-electron chi connectivity index (χ0n) is 9.72. The van der Waals surface area contributed by atoms with Crippen LogP contribution in [0.3, 0.4) is 0 Å². The zero-order valence-corrected chi connectivity index (χ0v) is 11.3. The third-order valence-corrected chi connectivity index (χ3v) is 2.95. The van der Waals surface area contributed by atoms with E-state index in [2.05, 4.69) is 21.0 Å². The number of halogens is 2. The third-order valence-electron chi connectivity index (χ3n) is 2.45. The van der Waals surface area contributed by atoms with Crippen molar-refractivity contribution in [2.75, 3.05) is 0 Å². The van der Waals surface area contributed by atoms with Crippen molar-refractivity contribution in [2.45, 2.75) is 6.92 Å². The van der Waals surface area contributed by atoms with Gasteiger partial charge < -0.3 is 5.11 Å². The molecule has 1 aromatic carbocycles. The smallest absolute Gasteiger partial charge is 0.360 e. The highest BCUT2D eigenvalue weighted by Crippen LogP contribution is 2.18. The van der Waals surface area contributed by atoms with E-state index in [1.807, 2.05) is 0 Å². The summed E-state index contributed by atoms with van der Waals surface area (Å²) in [5.74, 6) is -2.02. The Morgan fingerprint density at radius 2 is 2.16 bits per heavy atom. The minimum atomic E-state index is -1.45. The first-order chi connectivity index (χ1) is 8.90. The van der Waals surface area contributed by atoms with Crippen LogP contribution in [0.1, 0.15) is 16.1 Å². The second-order valence-electron chi connectivity index (χ2n) is 3.84. The molecule has 1 aromatic heterocycles. The van der Waals surface area contributed by atoms with E-state index >= 15 is 0 Å². The lowest BCUT2D eigenvalue weighted by molar-refractivity contribution is 0.0686. The molecule has 0 saturated carbocycles. The molecule has 0 amide bonds. The third kappa shape index (κ3) is 2.55. The van der Waals surface area contributed by atoms with Crippen molar-refractivity contribution < 1.29 is 14.3 Å². The number of carboxylic acids is 1.